The maximum atomic E-state index is 15.7. The maximum Gasteiger partial charge on any atom is 0.347 e. The Morgan fingerprint density at radius 3 is 1.64 bits per heavy atom. The molecule has 0 fully saturated rings. The number of hydrogen-bond donors (Lipinski definition) is 3. The minimum atomic E-state index is -4.65. The third-order valence-corrected chi connectivity index (χ3v) is 28.1. The van der Waals surface area contributed by atoms with Gasteiger partial charge in [0.25, 0.3) is 16.0 Å². The molecule has 0 saturated carbocycles. The first-order valence-corrected chi connectivity index (χ1v) is 44.4. The van der Waals surface area contributed by atoms with Gasteiger partial charge in [-0.1, -0.05) is 214 Å². The van der Waals surface area contributed by atoms with Crippen molar-refractivity contribution in [3.63, 3.8) is 0 Å². The molecule has 582 valence electrons. The molecule has 1 atom stereocenters. The molecule has 2 amide bonds. The van der Waals surface area contributed by atoms with E-state index in [0.717, 1.165) is 80.3 Å². The van der Waals surface area contributed by atoms with Gasteiger partial charge in [0.2, 0.25) is 11.6 Å². The monoisotopic (exact) mass is 1580 g/mol. The van der Waals surface area contributed by atoms with E-state index < -0.39 is 69.7 Å². The second-order valence-corrected chi connectivity index (χ2v) is 37.5. The van der Waals surface area contributed by atoms with E-state index in [2.05, 4.69) is 121 Å². The third kappa shape index (κ3) is 20.7. The molecule has 2 aliphatic heterocycles. The Morgan fingerprint density at radius 2 is 1.10 bits per heavy atom. The second-order valence-electron chi connectivity index (χ2n) is 29.5. The highest BCUT2D eigenvalue weighted by atomic mass is 32.2. The van der Waals surface area contributed by atoms with E-state index in [1.807, 2.05) is 115 Å². The van der Waals surface area contributed by atoms with Crippen molar-refractivity contribution in [1.82, 2.24) is 10.6 Å². The molecule has 3 N–H and O–H groups in total. The van der Waals surface area contributed by atoms with Crippen molar-refractivity contribution in [2.45, 2.75) is 128 Å². The summed E-state index contributed by atoms with van der Waals surface area (Å²) in [5.41, 5.74) is 12.0. The average molecular weight is 1580 g/mol. The quantitative estimate of drug-likeness (QED) is 0.0141. The highest BCUT2D eigenvalue weighted by Gasteiger charge is 2.53. The Kier molecular flexibility index (Phi) is 27.1. The first-order valence-electron chi connectivity index (χ1n) is 38.0. The van der Waals surface area contributed by atoms with Crippen LogP contribution in [0.1, 0.15) is 135 Å². The lowest BCUT2D eigenvalue weighted by atomic mass is 9.75. The molecule has 9 aromatic carbocycles. The lowest BCUT2D eigenvalue weighted by Crippen LogP contribution is -2.32. The van der Waals surface area contributed by atoms with Gasteiger partial charge in [-0.2, -0.15) is 13.0 Å². The number of rotatable bonds is 38. The van der Waals surface area contributed by atoms with Crippen molar-refractivity contribution in [2.24, 2.45) is 5.92 Å². The summed E-state index contributed by atoms with van der Waals surface area (Å²) in [5.74, 6) is -1.72. The standard InChI is InChI=1S/C88H98N4O15P2S2/c1-87(2)79(91(54-21-23-58-110(97,98)99)77-48-44-69-34-17-19-38-75(69)84(77)87)50-46-71-36-25-37-72(47-51-80-88(3,4)85-76-39-20-18-35-70(76)45-49-78(85)92(80)55-22-24-59-111(100,101)102)83(71)73-40-42-74(43-41-73)86(94)90-53-57-103-56-52-89-81(93)60-82(108(95,104-61-65-26-9-5-10-27-65)105-62-66-28-11-6-12-29-66)109(96,106-63-67-30-13-7-14-31-67)107-64-68-32-15-8-16-33-68/h5-20,26-35,38-46,48-51,72,82H,21-25,36-37,47,52-64H2,1-4H3,(H3-,89,90,93,94,97,98,99,100,101,102)/b50-46+,80-51-. The molecule has 0 radical (unpaired) electrons. The van der Waals surface area contributed by atoms with Crippen molar-refractivity contribution in [3.05, 3.63) is 292 Å². The van der Waals surface area contributed by atoms with Crippen LogP contribution >= 0.6 is 15.2 Å². The molecule has 1 aliphatic carbocycles. The van der Waals surface area contributed by atoms with Gasteiger partial charge in [-0.15, -0.1) is 0 Å². The van der Waals surface area contributed by atoms with Gasteiger partial charge >= 0.3 is 15.2 Å². The molecule has 19 nitrogen and oxygen atoms in total. The number of nitrogens with one attached hydrogen (secondary N) is 2. The number of unbranched alkanes of at least 4 members (excludes halogenated alkanes) is 2. The van der Waals surface area contributed by atoms with Gasteiger partial charge in [0, 0.05) is 71.9 Å². The zero-order valence-corrected chi connectivity index (χ0v) is 66.7. The van der Waals surface area contributed by atoms with Crippen molar-refractivity contribution in [1.29, 1.82) is 0 Å². The molecule has 23 heteroatoms. The van der Waals surface area contributed by atoms with Crippen LogP contribution in [-0.4, -0.2) is 104 Å². The number of carbonyl (C=O) groups excluding carboxylic acids is 2. The number of benzene rings is 9. The van der Waals surface area contributed by atoms with E-state index >= 15 is 9.13 Å². The Labute approximate surface area is 652 Å². The second kappa shape index (κ2) is 36.8. The molecule has 9 aromatic rings. The summed E-state index contributed by atoms with van der Waals surface area (Å²) in [5, 5.41) is 8.59. The van der Waals surface area contributed by atoms with Crippen LogP contribution in [0.3, 0.4) is 0 Å². The van der Waals surface area contributed by atoms with E-state index in [9.17, 15) is 35.5 Å². The number of fused-ring (bicyclic) bond motifs is 6. The highest BCUT2D eigenvalue weighted by Crippen LogP contribution is 2.72. The Bertz CT molecular complexity index is 5040. The molecule has 1 unspecified atom stereocenters. The summed E-state index contributed by atoms with van der Waals surface area (Å²) < 4.78 is 134. The number of anilines is 1. The summed E-state index contributed by atoms with van der Waals surface area (Å²) in [6, 6.07) is 69.1. The van der Waals surface area contributed by atoms with Crippen LogP contribution in [0.4, 0.5) is 11.4 Å². The van der Waals surface area contributed by atoms with Crippen LogP contribution in [0.2, 0.25) is 0 Å². The summed E-state index contributed by atoms with van der Waals surface area (Å²) in [4.78, 5) is 30.7. The molecule has 2 heterocycles. The summed E-state index contributed by atoms with van der Waals surface area (Å²) >= 11 is 0. The van der Waals surface area contributed by atoms with E-state index in [-0.39, 0.29) is 76.7 Å². The fraction of sp³-hybridized carbons (Fsp3) is 0.330. The number of carbonyl (C=O) groups is 2. The fourth-order valence-electron chi connectivity index (χ4n) is 15.6. The van der Waals surface area contributed by atoms with Crippen molar-refractivity contribution in [2.75, 3.05) is 55.8 Å². The van der Waals surface area contributed by atoms with Gasteiger partial charge in [0.15, 0.2) is 11.1 Å². The molecule has 0 aromatic heterocycles. The third-order valence-electron chi connectivity index (χ3n) is 21.0. The van der Waals surface area contributed by atoms with Crippen LogP contribution < -0.4 is 15.5 Å². The molecule has 12 rings (SSSR count). The molecule has 111 heavy (non-hydrogen) atoms. The van der Waals surface area contributed by atoms with Crippen molar-refractivity contribution in [3.8, 4) is 0 Å². The van der Waals surface area contributed by atoms with Gasteiger partial charge in [-0.05, 0) is 155 Å². The Hall–Kier alpha value is -8.79. The van der Waals surface area contributed by atoms with E-state index in [1.54, 1.807) is 48.5 Å². The topological polar surface area (TPSA) is 256 Å². The van der Waals surface area contributed by atoms with E-state index in [1.165, 1.54) is 11.1 Å². The van der Waals surface area contributed by atoms with Gasteiger partial charge < -0.3 is 42.9 Å². The number of allylic oxidation sites excluding steroid dienone is 6. The lowest BCUT2D eigenvalue weighted by molar-refractivity contribution is -0.438. The van der Waals surface area contributed by atoms with Crippen LogP contribution in [-0.2, 0) is 94.3 Å². The first kappa shape index (κ1) is 81.7. The molecular formula is C88H98N4O15P2S2. The largest absolute Gasteiger partial charge is 0.748 e. The summed E-state index contributed by atoms with van der Waals surface area (Å²) in [6.45, 7) is 9.40. The zero-order valence-electron chi connectivity index (χ0n) is 63.3. The summed E-state index contributed by atoms with van der Waals surface area (Å²) in [7, 11) is -17.8. The predicted molar refractivity (Wildman–Crippen MR) is 438 cm³/mol. The first-order chi connectivity index (χ1) is 53.4. The number of nitrogens with zero attached hydrogens (tertiary/aromatic N) is 2. The van der Waals surface area contributed by atoms with Crippen LogP contribution in [0.5, 0.6) is 0 Å². The predicted octanol–water partition coefficient (Wildman–Crippen LogP) is 18.1. The Morgan fingerprint density at radius 1 is 0.595 bits per heavy atom. The minimum Gasteiger partial charge on any atom is -0.748 e. The highest BCUT2D eigenvalue weighted by molar-refractivity contribution is 7.86. The van der Waals surface area contributed by atoms with Gasteiger partial charge in [-0.3, -0.25) is 23.3 Å². The van der Waals surface area contributed by atoms with Crippen LogP contribution in [0, 0.1) is 5.92 Å². The SMILES string of the molecule is CC1(C)C(/C=C/C2=C(c3ccc(C(=O)NCCOCCNC(=O)CC(P(=O)(OCc4ccccc4)OCc4ccccc4)P(=O)(OCc4ccccc4)OCc4ccccc4)cc3)C(C/C=C3\N(CCCCS(=O)(=O)O)c4ccc5ccccc5c4C3(C)C)CCC2)=[N+](CCCCS(=O)(=O)[O-])c2ccc3ccccc3c21. The average Bonchev–Trinajstić information content (AvgIpc) is 1.58. The normalized spacial score (nSPS) is 16.2. The van der Waals surface area contributed by atoms with Gasteiger partial charge in [-0.25, -0.2) is 8.42 Å². The maximum absolute atomic E-state index is 15.7. The van der Waals surface area contributed by atoms with Crippen LogP contribution in [0.15, 0.2) is 248 Å². The van der Waals surface area contributed by atoms with Crippen LogP contribution in [0.25, 0.3) is 27.1 Å². The molecular weight excluding hydrogens is 1480 g/mol. The molecule has 0 bridgehead atoms. The van der Waals surface area contributed by atoms with Crippen molar-refractivity contribution < 1.29 is 72.1 Å². The smallest absolute Gasteiger partial charge is 0.347 e. The lowest BCUT2D eigenvalue weighted by Gasteiger charge is -2.32. The van der Waals surface area contributed by atoms with E-state index in [4.69, 9.17) is 22.8 Å². The Balaban J connectivity index is 0.774. The fourth-order valence-corrected chi connectivity index (χ4v) is 21.8. The molecule has 0 saturated heterocycles. The number of amides is 2. The minimum absolute atomic E-state index is 0.00924. The van der Waals surface area contributed by atoms with Gasteiger partial charge in [0.05, 0.1) is 67.3 Å². The molecule has 0 spiro atoms. The number of ether oxygens (including phenoxy) is 1. The van der Waals surface area contributed by atoms with Crippen molar-refractivity contribution >= 4 is 91.4 Å². The zero-order chi connectivity index (χ0) is 78.2. The molecule has 3 aliphatic rings. The number of hydrogen-bond acceptors (Lipinski definition) is 15. The van der Waals surface area contributed by atoms with Gasteiger partial charge in [0.1, 0.15) is 6.54 Å². The van der Waals surface area contributed by atoms with E-state index in [0.29, 0.717) is 66.6 Å². The summed E-state index contributed by atoms with van der Waals surface area (Å²) in [6.07, 6.45) is 10.9.